The number of nitrogens with two attached hydrogens (primary N) is 1. The number of ketones is 1. The van der Waals surface area contributed by atoms with Gasteiger partial charge < -0.3 is 11.1 Å². The lowest BCUT2D eigenvalue weighted by atomic mass is 10.2. The van der Waals surface area contributed by atoms with Crippen molar-refractivity contribution < 1.29 is 14.5 Å². The first kappa shape index (κ1) is 13.9. The Morgan fingerprint density at radius 3 is 2.61 bits per heavy atom. The Kier molecular flexibility index (Phi) is 4.22. The van der Waals surface area contributed by atoms with Crippen LogP contribution in [0.3, 0.4) is 0 Å². The van der Waals surface area contributed by atoms with Crippen LogP contribution in [0.25, 0.3) is 0 Å². The van der Waals surface area contributed by atoms with Crippen molar-refractivity contribution >= 4 is 40.4 Å². The first-order valence-corrected chi connectivity index (χ1v) is 5.22. The molecule has 0 unspecified atom stereocenters. The summed E-state index contributed by atoms with van der Waals surface area (Å²) in [5.41, 5.74) is 4.88. The number of halogens is 1. The van der Waals surface area contributed by atoms with E-state index in [4.69, 9.17) is 17.3 Å². The van der Waals surface area contributed by atoms with E-state index < -0.39 is 16.5 Å². The highest BCUT2D eigenvalue weighted by Crippen LogP contribution is 2.36. The number of nitrogens with zero attached hydrogens (tertiary/aromatic N) is 1. The van der Waals surface area contributed by atoms with Crippen molar-refractivity contribution in [2.45, 2.75) is 13.3 Å². The van der Waals surface area contributed by atoms with Crippen LogP contribution in [0.15, 0.2) is 12.1 Å². The van der Waals surface area contributed by atoms with Crippen molar-refractivity contribution in [3.63, 3.8) is 0 Å². The molecule has 0 bridgehead atoms. The third-order valence-electron chi connectivity index (χ3n) is 2.01. The average molecular weight is 272 g/mol. The predicted octanol–water partition coefficient (Wildman–Crippen LogP) is 1.75. The molecule has 18 heavy (non-hydrogen) atoms. The third-order valence-corrected chi connectivity index (χ3v) is 2.40. The number of hydrogen-bond acceptors (Lipinski definition) is 5. The fourth-order valence-electron chi connectivity index (χ4n) is 1.28. The number of amides is 1. The molecule has 1 aromatic rings. The zero-order chi connectivity index (χ0) is 13.9. The molecule has 0 heterocycles. The SMILES string of the molecule is CC(=O)CC(=O)Nc1ccc(N)c([N+](=O)[O-])c1Cl. The monoisotopic (exact) mass is 271 g/mol. The van der Waals surface area contributed by atoms with Crippen LogP contribution in [0.1, 0.15) is 13.3 Å². The number of nitro benzene ring substituents is 1. The van der Waals surface area contributed by atoms with Crippen LogP contribution in [-0.2, 0) is 9.59 Å². The second kappa shape index (κ2) is 5.46. The highest BCUT2D eigenvalue weighted by Gasteiger charge is 2.21. The molecule has 1 rings (SSSR count). The molecule has 96 valence electrons. The Labute approximate surface area is 107 Å². The van der Waals surface area contributed by atoms with Crippen LogP contribution < -0.4 is 11.1 Å². The molecule has 7 nitrogen and oxygen atoms in total. The minimum absolute atomic E-state index is 0.0452. The van der Waals surface area contributed by atoms with E-state index >= 15 is 0 Å². The molecule has 0 aliphatic carbocycles. The van der Waals surface area contributed by atoms with E-state index in [-0.39, 0.29) is 28.6 Å². The molecule has 0 aliphatic rings. The Hall–Kier alpha value is -2.15. The Morgan fingerprint density at radius 1 is 1.50 bits per heavy atom. The second-order valence-electron chi connectivity index (χ2n) is 3.55. The summed E-state index contributed by atoms with van der Waals surface area (Å²) >= 11 is 5.77. The normalized spacial score (nSPS) is 9.89. The van der Waals surface area contributed by atoms with Gasteiger partial charge in [-0.05, 0) is 19.1 Å². The summed E-state index contributed by atoms with van der Waals surface area (Å²) in [5, 5.41) is 12.8. The summed E-state index contributed by atoms with van der Waals surface area (Å²) < 4.78 is 0. The zero-order valence-corrected chi connectivity index (χ0v) is 10.2. The maximum Gasteiger partial charge on any atom is 0.312 e. The van der Waals surface area contributed by atoms with Crippen molar-refractivity contribution in [1.29, 1.82) is 0 Å². The maximum atomic E-state index is 11.3. The summed E-state index contributed by atoms with van der Waals surface area (Å²) in [6.45, 7) is 1.26. The van der Waals surface area contributed by atoms with Gasteiger partial charge in [-0.1, -0.05) is 11.6 Å². The van der Waals surface area contributed by atoms with E-state index in [0.29, 0.717) is 0 Å². The van der Waals surface area contributed by atoms with Crippen LogP contribution in [0.2, 0.25) is 5.02 Å². The number of carbonyl (C=O) groups excluding carboxylic acids is 2. The molecule has 0 radical (unpaired) electrons. The summed E-state index contributed by atoms with van der Waals surface area (Å²) in [7, 11) is 0. The summed E-state index contributed by atoms with van der Waals surface area (Å²) in [4.78, 5) is 32.1. The van der Waals surface area contributed by atoms with E-state index in [1.165, 1.54) is 19.1 Å². The van der Waals surface area contributed by atoms with E-state index in [1.54, 1.807) is 0 Å². The maximum absolute atomic E-state index is 11.3. The smallest absolute Gasteiger partial charge is 0.312 e. The lowest BCUT2D eigenvalue weighted by Crippen LogP contribution is -2.15. The molecule has 0 spiro atoms. The predicted molar refractivity (Wildman–Crippen MR) is 66.4 cm³/mol. The molecule has 0 saturated carbocycles. The van der Waals surface area contributed by atoms with Gasteiger partial charge in [-0.2, -0.15) is 0 Å². The fraction of sp³-hybridized carbons (Fsp3) is 0.200. The number of carbonyl (C=O) groups is 2. The standard InChI is InChI=1S/C10H10ClN3O4/c1-5(15)4-8(16)13-7-3-2-6(12)10(9(7)11)14(17)18/h2-3H,4,12H2,1H3,(H,13,16). The largest absolute Gasteiger partial charge is 0.393 e. The number of nitrogen functional groups attached to an aromatic ring is 1. The first-order chi connectivity index (χ1) is 8.32. The van der Waals surface area contributed by atoms with Gasteiger partial charge in [0.2, 0.25) is 5.91 Å². The molecule has 1 aromatic carbocycles. The van der Waals surface area contributed by atoms with Gasteiger partial charge in [0.25, 0.3) is 0 Å². The Morgan fingerprint density at radius 2 is 2.11 bits per heavy atom. The lowest BCUT2D eigenvalue weighted by Gasteiger charge is -2.07. The van der Waals surface area contributed by atoms with E-state index in [0.717, 1.165) is 0 Å². The topological polar surface area (TPSA) is 115 Å². The summed E-state index contributed by atoms with van der Waals surface area (Å²) in [6, 6.07) is 2.59. The van der Waals surface area contributed by atoms with Gasteiger partial charge in [0, 0.05) is 0 Å². The number of nitro groups is 1. The molecular formula is C10H10ClN3O4. The highest BCUT2D eigenvalue weighted by atomic mass is 35.5. The van der Waals surface area contributed by atoms with E-state index in [1.807, 2.05) is 0 Å². The number of anilines is 2. The summed E-state index contributed by atoms with van der Waals surface area (Å²) in [6.07, 6.45) is -0.325. The van der Waals surface area contributed by atoms with Gasteiger partial charge >= 0.3 is 5.69 Å². The molecule has 0 saturated heterocycles. The van der Waals surface area contributed by atoms with Gasteiger partial charge in [0.15, 0.2) is 0 Å². The molecule has 3 N–H and O–H groups in total. The van der Waals surface area contributed by atoms with Gasteiger partial charge in [0.1, 0.15) is 16.5 Å². The van der Waals surface area contributed by atoms with Crippen molar-refractivity contribution in [3.8, 4) is 0 Å². The number of nitrogens with one attached hydrogen (secondary N) is 1. The molecule has 0 aliphatic heterocycles. The lowest BCUT2D eigenvalue weighted by molar-refractivity contribution is -0.383. The molecule has 0 aromatic heterocycles. The van der Waals surface area contributed by atoms with Crippen LogP contribution in [0, 0.1) is 10.1 Å². The first-order valence-electron chi connectivity index (χ1n) is 4.84. The second-order valence-corrected chi connectivity index (χ2v) is 3.93. The fourth-order valence-corrected chi connectivity index (χ4v) is 1.57. The molecular weight excluding hydrogens is 262 g/mol. The molecule has 8 heteroatoms. The van der Waals surface area contributed by atoms with Crippen molar-refractivity contribution in [2.75, 3.05) is 11.1 Å². The zero-order valence-electron chi connectivity index (χ0n) is 9.40. The minimum atomic E-state index is -0.738. The van der Waals surface area contributed by atoms with Gasteiger partial charge in [-0.3, -0.25) is 19.7 Å². The van der Waals surface area contributed by atoms with Gasteiger partial charge in [-0.15, -0.1) is 0 Å². The number of hydrogen-bond donors (Lipinski definition) is 2. The van der Waals surface area contributed by atoms with Crippen LogP contribution in [0.4, 0.5) is 17.1 Å². The Balaban J connectivity index is 3.05. The Bertz CT molecular complexity index is 530. The molecule has 0 atom stereocenters. The number of Topliss-reactive ketones (excluding diaryl/α,β-unsaturated/α-hetero) is 1. The third kappa shape index (κ3) is 3.17. The van der Waals surface area contributed by atoms with Crippen LogP contribution in [0.5, 0.6) is 0 Å². The molecule has 1 amide bonds. The van der Waals surface area contributed by atoms with E-state index in [9.17, 15) is 19.7 Å². The number of rotatable bonds is 4. The summed E-state index contributed by atoms with van der Waals surface area (Å²) in [5.74, 6) is -0.919. The van der Waals surface area contributed by atoms with Gasteiger partial charge in [-0.25, -0.2) is 0 Å². The van der Waals surface area contributed by atoms with Crippen molar-refractivity contribution in [2.24, 2.45) is 0 Å². The highest BCUT2D eigenvalue weighted by molar-refractivity contribution is 6.36. The minimum Gasteiger partial charge on any atom is -0.393 e. The quantitative estimate of drug-likeness (QED) is 0.374. The average Bonchev–Trinajstić information content (AvgIpc) is 2.20. The van der Waals surface area contributed by atoms with Crippen molar-refractivity contribution in [3.05, 3.63) is 27.3 Å². The van der Waals surface area contributed by atoms with E-state index in [2.05, 4.69) is 5.32 Å². The van der Waals surface area contributed by atoms with Crippen LogP contribution >= 0.6 is 11.6 Å². The number of benzene rings is 1. The molecule has 0 fully saturated rings. The van der Waals surface area contributed by atoms with Crippen molar-refractivity contribution in [1.82, 2.24) is 0 Å². The van der Waals surface area contributed by atoms with Gasteiger partial charge in [0.05, 0.1) is 17.0 Å². The van der Waals surface area contributed by atoms with Crippen LogP contribution in [-0.4, -0.2) is 16.6 Å².